The van der Waals surface area contributed by atoms with Gasteiger partial charge in [0, 0.05) is 37.0 Å². The Morgan fingerprint density at radius 3 is 1.43 bits per heavy atom. The predicted molar refractivity (Wildman–Crippen MR) is 294 cm³/mol. The zero-order chi connectivity index (χ0) is 45.2. The summed E-state index contributed by atoms with van der Waals surface area (Å²) in [6.07, 6.45) is 0. The third-order valence-electron chi connectivity index (χ3n) is 15.3. The predicted octanol–water partition coefficient (Wildman–Crippen LogP) is 18.7. The molecule has 0 N–H and O–H groups in total. The molecule has 0 radical (unpaired) electrons. The standard InChI is InChI=1S/C67H41NS/c1-2-18-42(19-3-1)45-20-11-16-32-63(45)68(44-35-36-50-48-23-5-4-21-46(48)47-22-6-7-24-49(47)56(50)39-44)64-41-62-57(40-55(64)43-34-37-66-58(38-43)54-28-12-17-33-65(54)69-66)53-27-10-15-31-61(53)67(62)59-29-13-8-25-51(59)52-26-9-14-30-60(52)67/h1-41H. The number of rotatable bonds is 5. The van der Waals surface area contributed by atoms with Gasteiger partial charge in [-0.25, -0.2) is 0 Å². The Morgan fingerprint density at radius 1 is 0.261 bits per heavy atom. The third-order valence-corrected chi connectivity index (χ3v) is 16.4. The van der Waals surface area contributed by atoms with E-state index in [1.807, 2.05) is 11.3 Å². The number of benzene rings is 12. The second-order valence-electron chi connectivity index (χ2n) is 18.7. The first-order valence-corrected chi connectivity index (χ1v) is 24.7. The van der Waals surface area contributed by atoms with Crippen molar-refractivity contribution in [1.29, 1.82) is 0 Å². The van der Waals surface area contributed by atoms with E-state index in [-0.39, 0.29) is 0 Å². The number of anilines is 3. The van der Waals surface area contributed by atoms with Crippen molar-refractivity contribution in [2.75, 3.05) is 4.90 Å². The lowest BCUT2D eigenvalue weighted by Gasteiger charge is -2.34. The minimum absolute atomic E-state index is 0.525. The summed E-state index contributed by atoms with van der Waals surface area (Å²) in [5, 5.41) is 10.1. The van der Waals surface area contributed by atoms with E-state index in [0.29, 0.717) is 0 Å². The third kappa shape index (κ3) is 5.41. The number of thiophene rings is 1. The lowest BCUT2D eigenvalue weighted by molar-refractivity contribution is 0.794. The molecular formula is C67H41NS. The highest BCUT2D eigenvalue weighted by Crippen LogP contribution is 2.64. The van der Waals surface area contributed by atoms with Crippen molar-refractivity contribution in [3.63, 3.8) is 0 Å². The Hall–Kier alpha value is -8.56. The molecule has 0 bridgehead atoms. The van der Waals surface area contributed by atoms with Crippen LogP contribution in [-0.2, 0) is 5.41 Å². The van der Waals surface area contributed by atoms with Crippen molar-refractivity contribution in [3.05, 3.63) is 271 Å². The Labute approximate surface area is 404 Å². The van der Waals surface area contributed by atoms with Gasteiger partial charge in [-0.05, 0) is 136 Å². The van der Waals surface area contributed by atoms with E-state index in [1.54, 1.807) is 0 Å². The number of hydrogen-bond donors (Lipinski definition) is 0. The molecule has 0 saturated carbocycles. The molecule has 13 aromatic rings. The van der Waals surface area contributed by atoms with Crippen LogP contribution >= 0.6 is 11.3 Å². The van der Waals surface area contributed by atoms with Crippen LogP contribution in [0.15, 0.2) is 249 Å². The van der Waals surface area contributed by atoms with E-state index in [0.717, 1.165) is 17.1 Å². The fraction of sp³-hybridized carbons (Fsp3) is 0.0149. The van der Waals surface area contributed by atoms with Crippen molar-refractivity contribution < 1.29 is 0 Å². The Morgan fingerprint density at radius 2 is 0.768 bits per heavy atom. The largest absolute Gasteiger partial charge is 0.309 e. The van der Waals surface area contributed by atoms with E-state index >= 15 is 0 Å². The van der Waals surface area contributed by atoms with Crippen LogP contribution in [0.1, 0.15) is 22.3 Å². The number of para-hydroxylation sites is 1. The van der Waals surface area contributed by atoms with Crippen LogP contribution in [0.25, 0.3) is 97.0 Å². The summed E-state index contributed by atoms with van der Waals surface area (Å²) in [7, 11) is 0. The molecule has 69 heavy (non-hydrogen) atoms. The number of fused-ring (bicyclic) bond motifs is 19. The molecule has 12 aromatic carbocycles. The first kappa shape index (κ1) is 38.5. The molecular weight excluding hydrogens is 851 g/mol. The highest BCUT2D eigenvalue weighted by Gasteiger charge is 2.52. The van der Waals surface area contributed by atoms with Crippen LogP contribution in [0.2, 0.25) is 0 Å². The molecule has 0 unspecified atom stereocenters. The minimum atomic E-state index is -0.525. The van der Waals surface area contributed by atoms with Gasteiger partial charge in [0.05, 0.1) is 16.8 Å². The van der Waals surface area contributed by atoms with Crippen molar-refractivity contribution >= 4 is 80.9 Å². The highest BCUT2D eigenvalue weighted by atomic mass is 32.1. The first-order valence-electron chi connectivity index (χ1n) is 23.9. The maximum absolute atomic E-state index is 2.59. The monoisotopic (exact) mass is 891 g/mol. The molecule has 15 rings (SSSR count). The second-order valence-corrected chi connectivity index (χ2v) is 19.7. The fourth-order valence-electron chi connectivity index (χ4n) is 12.4. The fourth-order valence-corrected chi connectivity index (χ4v) is 13.5. The van der Waals surface area contributed by atoms with E-state index in [9.17, 15) is 0 Å². The molecule has 320 valence electrons. The molecule has 1 spiro atoms. The molecule has 2 aliphatic rings. The van der Waals surface area contributed by atoms with Crippen LogP contribution in [-0.4, -0.2) is 0 Å². The molecule has 2 heteroatoms. The maximum atomic E-state index is 2.59. The van der Waals surface area contributed by atoms with Gasteiger partial charge in [0.25, 0.3) is 0 Å². The quantitative estimate of drug-likeness (QED) is 0.156. The lowest BCUT2D eigenvalue weighted by Crippen LogP contribution is -2.26. The zero-order valence-electron chi connectivity index (χ0n) is 37.5. The molecule has 1 aromatic heterocycles. The van der Waals surface area contributed by atoms with Gasteiger partial charge in [0.15, 0.2) is 0 Å². The van der Waals surface area contributed by atoms with Crippen LogP contribution in [0, 0.1) is 0 Å². The van der Waals surface area contributed by atoms with E-state index in [2.05, 4.69) is 254 Å². The molecule has 0 atom stereocenters. The summed E-state index contributed by atoms with van der Waals surface area (Å²) in [4.78, 5) is 2.58. The van der Waals surface area contributed by atoms with E-state index < -0.39 is 5.41 Å². The smallest absolute Gasteiger partial charge is 0.0726 e. The van der Waals surface area contributed by atoms with Crippen LogP contribution in [0.3, 0.4) is 0 Å². The van der Waals surface area contributed by atoms with Gasteiger partial charge in [-0.15, -0.1) is 11.3 Å². The summed E-state index contributed by atoms with van der Waals surface area (Å²) in [5.41, 5.74) is 18.0. The molecule has 0 amide bonds. The SMILES string of the molecule is c1ccc(-c2ccccc2N(c2ccc3c4ccccc4c4ccccc4c3c2)c2cc3c(cc2-c2ccc4sc5ccccc5c4c2)-c2ccccc2C32c3ccccc3-c3ccccc32)cc1. The topological polar surface area (TPSA) is 3.24 Å². The van der Waals surface area contributed by atoms with Crippen molar-refractivity contribution in [3.8, 4) is 44.5 Å². The minimum Gasteiger partial charge on any atom is -0.309 e. The molecule has 0 fully saturated rings. The molecule has 0 saturated heterocycles. The number of nitrogens with zero attached hydrogens (tertiary/aromatic N) is 1. The lowest BCUT2D eigenvalue weighted by atomic mass is 9.70. The first-order chi connectivity index (χ1) is 34.2. The Kier molecular flexibility index (Phi) is 8.22. The van der Waals surface area contributed by atoms with Crippen LogP contribution in [0.5, 0.6) is 0 Å². The van der Waals surface area contributed by atoms with Gasteiger partial charge in [0.1, 0.15) is 0 Å². The Balaban J connectivity index is 1.11. The van der Waals surface area contributed by atoms with Gasteiger partial charge >= 0.3 is 0 Å². The Bertz CT molecular complexity index is 4190. The van der Waals surface area contributed by atoms with Crippen molar-refractivity contribution in [2.45, 2.75) is 5.41 Å². The average molecular weight is 892 g/mol. The van der Waals surface area contributed by atoms with Crippen LogP contribution in [0.4, 0.5) is 17.1 Å². The van der Waals surface area contributed by atoms with Gasteiger partial charge in [-0.3, -0.25) is 0 Å². The highest BCUT2D eigenvalue weighted by molar-refractivity contribution is 7.25. The maximum Gasteiger partial charge on any atom is 0.0726 e. The second kappa shape index (κ2) is 14.7. The van der Waals surface area contributed by atoms with Gasteiger partial charge in [-0.1, -0.05) is 200 Å². The summed E-state index contributed by atoms with van der Waals surface area (Å²) in [5.74, 6) is 0. The molecule has 0 aliphatic heterocycles. The molecule has 1 nitrogen and oxygen atoms in total. The summed E-state index contributed by atoms with van der Waals surface area (Å²) in [6.45, 7) is 0. The molecule has 2 aliphatic carbocycles. The molecule has 1 heterocycles. The summed E-state index contributed by atoms with van der Waals surface area (Å²) in [6, 6.07) is 93.5. The van der Waals surface area contributed by atoms with Gasteiger partial charge in [-0.2, -0.15) is 0 Å². The van der Waals surface area contributed by atoms with E-state index in [1.165, 1.54) is 119 Å². The van der Waals surface area contributed by atoms with E-state index in [4.69, 9.17) is 0 Å². The number of hydrogen-bond acceptors (Lipinski definition) is 2. The summed E-state index contributed by atoms with van der Waals surface area (Å²) >= 11 is 1.87. The van der Waals surface area contributed by atoms with Gasteiger partial charge in [0.2, 0.25) is 0 Å². The normalized spacial score (nSPS) is 13.0. The zero-order valence-corrected chi connectivity index (χ0v) is 38.3. The van der Waals surface area contributed by atoms with Crippen molar-refractivity contribution in [2.24, 2.45) is 0 Å². The average Bonchev–Trinajstić information content (AvgIpc) is 4.05. The van der Waals surface area contributed by atoms with Crippen LogP contribution < -0.4 is 4.90 Å². The van der Waals surface area contributed by atoms with Gasteiger partial charge < -0.3 is 4.90 Å². The summed E-state index contributed by atoms with van der Waals surface area (Å²) < 4.78 is 2.61. The van der Waals surface area contributed by atoms with Crippen molar-refractivity contribution in [1.82, 2.24) is 0 Å².